The summed E-state index contributed by atoms with van der Waals surface area (Å²) in [5.74, 6) is -1.02. The van der Waals surface area contributed by atoms with Crippen LogP contribution in [-0.4, -0.2) is 96.9 Å². The maximum Gasteiger partial charge on any atom is 0.407 e. The number of sulfonamides is 2. The van der Waals surface area contributed by atoms with Crippen LogP contribution in [0.3, 0.4) is 0 Å². The third-order valence-electron chi connectivity index (χ3n) is 8.80. The van der Waals surface area contributed by atoms with Crippen LogP contribution >= 0.6 is 0 Å². The predicted molar refractivity (Wildman–Crippen MR) is 228 cm³/mol. The number of carbonyl (C=O) groups is 3. The largest absolute Gasteiger partial charge is 0.468 e. The minimum atomic E-state index is -4.30. The highest BCUT2D eigenvalue weighted by atomic mass is 32.2. The van der Waals surface area contributed by atoms with Crippen molar-refractivity contribution in [3.8, 4) is 11.1 Å². The van der Waals surface area contributed by atoms with Crippen LogP contribution in [0, 0.1) is 5.41 Å². The van der Waals surface area contributed by atoms with Crippen molar-refractivity contribution in [1.29, 1.82) is 5.41 Å². The number of benzene rings is 4. The van der Waals surface area contributed by atoms with E-state index < -0.39 is 50.6 Å². The smallest absolute Gasteiger partial charge is 0.407 e. The number of carbonyl (C=O) groups excluding carboxylic acids is 3. The molecule has 1 aromatic heterocycles. The number of amides is 2. The summed E-state index contributed by atoms with van der Waals surface area (Å²) in [6, 6.07) is 25.6. The second-order valence-electron chi connectivity index (χ2n) is 13.1. The Hall–Kier alpha value is -6.74. The van der Waals surface area contributed by atoms with E-state index in [9.17, 15) is 31.2 Å². The summed E-state index contributed by atoms with van der Waals surface area (Å²) >= 11 is 0. The normalized spacial score (nSPS) is 11.8. The topological polar surface area (TPSA) is 260 Å². The first-order chi connectivity index (χ1) is 29.4. The van der Waals surface area contributed by atoms with Gasteiger partial charge in [-0.1, -0.05) is 54.6 Å². The zero-order valence-corrected chi connectivity index (χ0v) is 34.6. The molecule has 0 aliphatic rings. The molecule has 0 saturated carbocycles. The molecule has 0 fully saturated rings. The number of hydrogen-bond acceptors (Lipinski definition) is 14. The number of alkyl carbamates (subject to hydrolysis) is 1. The van der Waals surface area contributed by atoms with Crippen LogP contribution in [0.25, 0.3) is 11.1 Å². The average Bonchev–Trinajstić information content (AvgIpc) is 3.28. The first-order valence-electron chi connectivity index (χ1n) is 18.8. The Kier molecular flexibility index (Phi) is 16.4. The number of aromatic nitrogens is 2. The van der Waals surface area contributed by atoms with Crippen LogP contribution in [0.15, 0.2) is 125 Å². The van der Waals surface area contributed by atoms with E-state index >= 15 is 0 Å². The van der Waals surface area contributed by atoms with Gasteiger partial charge in [-0.2, -0.15) is 4.72 Å². The van der Waals surface area contributed by atoms with Crippen molar-refractivity contribution in [2.24, 2.45) is 0 Å². The predicted octanol–water partition coefficient (Wildman–Crippen LogP) is 3.51. The van der Waals surface area contributed by atoms with Crippen LogP contribution in [0.1, 0.15) is 27.9 Å². The zero-order chi connectivity index (χ0) is 43.7. The van der Waals surface area contributed by atoms with Gasteiger partial charge in [0.25, 0.3) is 5.91 Å². The monoisotopic (exact) mass is 871 g/mol. The number of hydrogen-bond donors (Lipinski definition) is 7. The molecule has 1 atom stereocenters. The highest BCUT2D eigenvalue weighted by molar-refractivity contribution is 7.89. The third-order valence-corrected chi connectivity index (χ3v) is 11.8. The van der Waals surface area contributed by atoms with Gasteiger partial charge in [-0.3, -0.25) is 9.59 Å². The van der Waals surface area contributed by atoms with Gasteiger partial charge in [0.05, 0.1) is 16.9 Å². The van der Waals surface area contributed by atoms with Crippen molar-refractivity contribution in [2.75, 3.05) is 50.5 Å². The van der Waals surface area contributed by atoms with Gasteiger partial charge in [-0.15, -0.1) is 0 Å². The number of nitrogens with one attached hydrogen (secondary N) is 7. The van der Waals surface area contributed by atoms with Gasteiger partial charge in [0.1, 0.15) is 12.6 Å². The molecule has 20 heteroatoms. The van der Waals surface area contributed by atoms with E-state index in [1.54, 1.807) is 36.7 Å². The molecule has 0 bridgehead atoms. The summed E-state index contributed by atoms with van der Waals surface area (Å²) in [6.45, 7) is 0.723. The van der Waals surface area contributed by atoms with Crippen LogP contribution in [-0.2, 0) is 40.9 Å². The van der Waals surface area contributed by atoms with E-state index in [0.717, 1.165) is 18.9 Å². The molecule has 320 valence electrons. The quantitative estimate of drug-likeness (QED) is 0.0299. The zero-order valence-electron chi connectivity index (χ0n) is 33.0. The Bertz CT molecular complexity index is 2480. The summed E-state index contributed by atoms with van der Waals surface area (Å²) in [4.78, 5) is 45.7. The molecule has 0 spiro atoms. The maximum atomic E-state index is 13.4. The Morgan fingerprint density at radius 2 is 1.38 bits per heavy atom. The van der Waals surface area contributed by atoms with Gasteiger partial charge in [-0.05, 0) is 71.6 Å². The Labute approximate surface area is 353 Å². The number of anilines is 2. The Morgan fingerprint density at radius 3 is 2.02 bits per heavy atom. The molecule has 0 radical (unpaired) electrons. The molecule has 61 heavy (non-hydrogen) atoms. The van der Waals surface area contributed by atoms with Gasteiger partial charge in [0.15, 0.2) is 0 Å². The molecular formula is C41H45N9O9S2. The fourth-order valence-corrected chi connectivity index (χ4v) is 7.83. The number of esters is 1. The minimum Gasteiger partial charge on any atom is -0.468 e. The molecule has 1 heterocycles. The fourth-order valence-electron chi connectivity index (χ4n) is 5.61. The third kappa shape index (κ3) is 13.6. The lowest BCUT2D eigenvalue weighted by molar-refractivity contribution is -0.142. The molecule has 0 saturated heterocycles. The van der Waals surface area contributed by atoms with Crippen molar-refractivity contribution in [1.82, 2.24) is 30.0 Å². The number of nitrogens with zero attached hydrogens (tertiary/aromatic N) is 2. The molecule has 5 rings (SSSR count). The minimum absolute atomic E-state index is 0.00322. The summed E-state index contributed by atoms with van der Waals surface area (Å²) in [7, 11) is -7.13. The van der Waals surface area contributed by atoms with Gasteiger partial charge in [-0.25, -0.2) is 36.3 Å². The molecule has 0 unspecified atom stereocenters. The van der Waals surface area contributed by atoms with Gasteiger partial charge < -0.3 is 36.2 Å². The van der Waals surface area contributed by atoms with Crippen molar-refractivity contribution >= 4 is 55.9 Å². The molecule has 0 aliphatic carbocycles. The Morgan fingerprint density at radius 1 is 0.738 bits per heavy atom. The highest BCUT2D eigenvalue weighted by Gasteiger charge is 2.27. The SMILES string of the molecule is COC(=O)[C@H](CNC(=O)c1ccc(NCCCNc2ncccn2)c(C=N)c1)NS(=O)(=O)c1ccc(-c2ccc(S(=O)(=O)NCCNC(=O)OCc3ccccc3)cc2)cc1. The highest BCUT2D eigenvalue weighted by Crippen LogP contribution is 2.23. The molecule has 4 aromatic carbocycles. The summed E-state index contributed by atoms with van der Waals surface area (Å²) < 4.78 is 67.0. The van der Waals surface area contributed by atoms with Crippen molar-refractivity contribution < 1.29 is 40.7 Å². The molecule has 0 aliphatic heterocycles. The van der Waals surface area contributed by atoms with Gasteiger partial charge in [0, 0.05) is 68.1 Å². The van der Waals surface area contributed by atoms with E-state index in [4.69, 9.17) is 14.9 Å². The number of methoxy groups -OCH3 is 1. The van der Waals surface area contributed by atoms with Crippen LogP contribution in [0.2, 0.25) is 0 Å². The van der Waals surface area contributed by atoms with Crippen molar-refractivity contribution in [3.63, 3.8) is 0 Å². The number of rotatable bonds is 22. The lowest BCUT2D eigenvalue weighted by Gasteiger charge is -2.18. The molecule has 18 nitrogen and oxygen atoms in total. The van der Waals surface area contributed by atoms with Crippen LogP contribution in [0.5, 0.6) is 0 Å². The molecular weight excluding hydrogens is 827 g/mol. The standard InChI is InChI=1S/C41H45N9O9S2/c1-58-39(52)37(27-48-38(51)32-13-18-36(33(25-32)26-42)43-19-5-20-44-40-45-21-6-22-46-40)50-61(56,57)35-16-11-31(12-17-35)30-9-14-34(15-10-30)60(54,55)49-24-23-47-41(53)59-28-29-7-3-2-4-8-29/h2-4,6-18,21-22,25-26,37,42-43,49-50H,5,19-20,23-24,27-28H2,1H3,(H,47,53)(H,48,51)(H,44,45,46)/t37-/m0/s1. The van der Waals surface area contributed by atoms with Crippen molar-refractivity contribution in [2.45, 2.75) is 28.9 Å². The van der Waals surface area contributed by atoms with Gasteiger partial charge in [0.2, 0.25) is 26.0 Å². The second-order valence-corrected chi connectivity index (χ2v) is 16.5. The maximum absolute atomic E-state index is 13.4. The second kappa shape index (κ2) is 22.0. The number of ether oxygens (including phenoxy) is 2. The van der Waals surface area contributed by atoms with Crippen LogP contribution in [0.4, 0.5) is 16.4 Å². The summed E-state index contributed by atoms with van der Waals surface area (Å²) in [5, 5.41) is 19.2. The lowest BCUT2D eigenvalue weighted by Crippen LogP contribution is -2.48. The van der Waals surface area contributed by atoms with E-state index in [1.807, 2.05) is 30.3 Å². The summed E-state index contributed by atoms with van der Waals surface area (Å²) in [6.07, 6.45) is 4.41. The molecule has 5 aromatic rings. The molecule has 7 N–H and O–H groups in total. The van der Waals surface area contributed by atoms with E-state index in [2.05, 4.69) is 40.7 Å². The van der Waals surface area contributed by atoms with E-state index in [0.29, 0.717) is 47.8 Å². The first-order valence-corrected chi connectivity index (χ1v) is 21.8. The average molecular weight is 872 g/mol. The van der Waals surface area contributed by atoms with E-state index in [1.165, 1.54) is 48.5 Å². The van der Waals surface area contributed by atoms with Crippen LogP contribution < -0.4 is 30.7 Å². The lowest BCUT2D eigenvalue weighted by atomic mass is 10.1. The van der Waals surface area contributed by atoms with Crippen molar-refractivity contribution in [3.05, 3.63) is 132 Å². The first kappa shape index (κ1) is 45.3. The van der Waals surface area contributed by atoms with E-state index in [-0.39, 0.29) is 35.1 Å². The Balaban J connectivity index is 1.10. The fraction of sp³-hybridized carbons (Fsp3) is 0.220. The van der Waals surface area contributed by atoms with Gasteiger partial charge >= 0.3 is 12.1 Å². The molecule has 2 amide bonds. The summed E-state index contributed by atoms with van der Waals surface area (Å²) in [5.41, 5.74) is 3.24.